The van der Waals surface area contributed by atoms with E-state index in [0.717, 1.165) is 15.8 Å². The Morgan fingerprint density at radius 1 is 1.39 bits per heavy atom. The van der Waals surface area contributed by atoms with Gasteiger partial charge in [-0.3, -0.25) is 0 Å². The first kappa shape index (κ1) is 15.5. The van der Waals surface area contributed by atoms with Crippen LogP contribution in [0.2, 0.25) is 0 Å². The van der Waals surface area contributed by atoms with Gasteiger partial charge < -0.3 is 9.64 Å². The summed E-state index contributed by atoms with van der Waals surface area (Å²) >= 11 is 3.48. The summed E-state index contributed by atoms with van der Waals surface area (Å²) < 4.78 is 28.4. The molecular formula is C12H18BrNO3S. The van der Waals surface area contributed by atoms with Crippen molar-refractivity contribution in [2.45, 2.75) is 6.54 Å². The van der Waals surface area contributed by atoms with Crippen LogP contribution in [-0.4, -0.2) is 46.0 Å². The van der Waals surface area contributed by atoms with Crippen LogP contribution in [0.1, 0.15) is 5.56 Å². The van der Waals surface area contributed by atoms with Crippen LogP contribution < -0.4 is 4.74 Å². The third-order valence-electron chi connectivity index (χ3n) is 2.54. The fraction of sp³-hybridized carbons (Fsp3) is 0.500. The summed E-state index contributed by atoms with van der Waals surface area (Å²) in [6.07, 6.45) is 1.25. The largest absolute Gasteiger partial charge is 0.497 e. The van der Waals surface area contributed by atoms with E-state index in [4.69, 9.17) is 4.74 Å². The molecule has 0 atom stereocenters. The molecule has 0 aliphatic rings. The van der Waals surface area contributed by atoms with Gasteiger partial charge in [0.1, 0.15) is 15.6 Å². The van der Waals surface area contributed by atoms with Gasteiger partial charge >= 0.3 is 0 Å². The summed E-state index contributed by atoms with van der Waals surface area (Å²) in [6.45, 7) is 1.19. The molecule has 0 spiro atoms. The quantitative estimate of drug-likeness (QED) is 0.796. The first-order valence-corrected chi connectivity index (χ1v) is 8.36. The van der Waals surface area contributed by atoms with E-state index in [2.05, 4.69) is 15.9 Å². The lowest BCUT2D eigenvalue weighted by atomic mass is 10.2. The molecule has 0 heterocycles. The minimum absolute atomic E-state index is 0.172. The molecule has 18 heavy (non-hydrogen) atoms. The summed E-state index contributed by atoms with van der Waals surface area (Å²) in [5, 5.41) is 0. The zero-order valence-electron chi connectivity index (χ0n) is 10.8. The Hall–Kier alpha value is -0.590. The standard InChI is InChI=1S/C12H18BrNO3S/c1-14(6-7-18(3,15)16)9-10-8-11(17-2)4-5-12(10)13/h4-5,8H,6-7,9H2,1-3H3. The predicted octanol–water partition coefficient (Wildman–Crippen LogP) is 1.93. The number of hydrogen-bond donors (Lipinski definition) is 0. The Bertz CT molecular complexity index is 502. The van der Waals surface area contributed by atoms with Crippen molar-refractivity contribution in [2.75, 3.05) is 32.7 Å². The van der Waals surface area contributed by atoms with Crippen molar-refractivity contribution < 1.29 is 13.2 Å². The number of benzene rings is 1. The lowest BCUT2D eigenvalue weighted by molar-refractivity contribution is 0.344. The average Bonchev–Trinajstić information content (AvgIpc) is 2.28. The second-order valence-electron chi connectivity index (χ2n) is 4.32. The molecule has 0 radical (unpaired) electrons. The molecule has 4 nitrogen and oxygen atoms in total. The van der Waals surface area contributed by atoms with Gasteiger partial charge in [-0.05, 0) is 30.8 Å². The number of nitrogens with zero attached hydrogens (tertiary/aromatic N) is 1. The normalized spacial score (nSPS) is 11.8. The molecule has 1 rings (SSSR count). The van der Waals surface area contributed by atoms with Gasteiger partial charge in [-0.2, -0.15) is 0 Å². The van der Waals surface area contributed by atoms with Crippen molar-refractivity contribution in [3.63, 3.8) is 0 Å². The van der Waals surface area contributed by atoms with Crippen LogP contribution in [0, 0.1) is 0 Å². The Balaban J connectivity index is 2.66. The van der Waals surface area contributed by atoms with Gasteiger partial charge in [0.05, 0.1) is 12.9 Å². The van der Waals surface area contributed by atoms with Gasteiger partial charge in [-0.1, -0.05) is 15.9 Å². The summed E-state index contributed by atoms with van der Waals surface area (Å²) in [6, 6.07) is 5.75. The molecule has 1 aromatic rings. The SMILES string of the molecule is COc1ccc(Br)c(CN(C)CCS(C)(=O)=O)c1. The molecule has 0 fully saturated rings. The summed E-state index contributed by atoms with van der Waals surface area (Å²) in [4.78, 5) is 1.97. The summed E-state index contributed by atoms with van der Waals surface area (Å²) in [5.41, 5.74) is 1.07. The van der Waals surface area contributed by atoms with E-state index in [9.17, 15) is 8.42 Å². The van der Waals surface area contributed by atoms with E-state index >= 15 is 0 Å². The molecule has 0 amide bonds. The highest BCUT2D eigenvalue weighted by atomic mass is 79.9. The van der Waals surface area contributed by atoms with E-state index in [1.165, 1.54) is 6.26 Å². The number of hydrogen-bond acceptors (Lipinski definition) is 4. The lowest BCUT2D eigenvalue weighted by Crippen LogP contribution is -2.25. The molecule has 0 N–H and O–H groups in total. The van der Waals surface area contributed by atoms with Crippen LogP contribution in [0.4, 0.5) is 0 Å². The molecular weight excluding hydrogens is 318 g/mol. The Morgan fingerprint density at radius 2 is 2.06 bits per heavy atom. The van der Waals surface area contributed by atoms with Crippen molar-refractivity contribution >= 4 is 25.8 Å². The Labute approximate surface area is 117 Å². The highest BCUT2D eigenvalue weighted by molar-refractivity contribution is 9.10. The minimum Gasteiger partial charge on any atom is -0.497 e. The monoisotopic (exact) mass is 335 g/mol. The number of methoxy groups -OCH3 is 1. The van der Waals surface area contributed by atoms with Crippen molar-refractivity contribution in [1.29, 1.82) is 0 Å². The van der Waals surface area contributed by atoms with Gasteiger partial charge in [0.15, 0.2) is 0 Å². The van der Waals surface area contributed by atoms with E-state index in [0.29, 0.717) is 13.1 Å². The highest BCUT2D eigenvalue weighted by Gasteiger charge is 2.08. The van der Waals surface area contributed by atoms with Crippen LogP contribution in [0.15, 0.2) is 22.7 Å². The number of ether oxygens (including phenoxy) is 1. The van der Waals surface area contributed by atoms with Crippen molar-refractivity contribution in [1.82, 2.24) is 4.90 Å². The zero-order valence-corrected chi connectivity index (χ0v) is 13.2. The second-order valence-corrected chi connectivity index (χ2v) is 7.44. The van der Waals surface area contributed by atoms with E-state index in [1.54, 1.807) is 7.11 Å². The first-order chi connectivity index (χ1) is 8.31. The molecule has 0 unspecified atom stereocenters. The number of halogens is 1. The van der Waals surface area contributed by atoms with Gasteiger partial charge in [-0.25, -0.2) is 8.42 Å². The molecule has 0 saturated carbocycles. The third kappa shape index (κ3) is 5.37. The summed E-state index contributed by atoms with van der Waals surface area (Å²) in [7, 11) is 0.613. The van der Waals surface area contributed by atoms with Crippen LogP contribution in [0.5, 0.6) is 5.75 Å². The fourth-order valence-corrected chi connectivity index (χ4v) is 2.51. The van der Waals surface area contributed by atoms with Gasteiger partial charge in [0.25, 0.3) is 0 Å². The summed E-state index contributed by atoms with van der Waals surface area (Å²) in [5.74, 6) is 0.968. The van der Waals surface area contributed by atoms with Crippen molar-refractivity contribution in [3.05, 3.63) is 28.2 Å². The van der Waals surface area contributed by atoms with Crippen LogP contribution in [0.3, 0.4) is 0 Å². The van der Waals surface area contributed by atoms with Gasteiger partial charge in [-0.15, -0.1) is 0 Å². The van der Waals surface area contributed by atoms with Crippen LogP contribution in [-0.2, 0) is 16.4 Å². The molecule has 0 bridgehead atoms. The maximum Gasteiger partial charge on any atom is 0.148 e. The van der Waals surface area contributed by atoms with E-state index < -0.39 is 9.84 Å². The topological polar surface area (TPSA) is 46.6 Å². The van der Waals surface area contributed by atoms with Crippen LogP contribution >= 0.6 is 15.9 Å². The molecule has 6 heteroatoms. The fourth-order valence-electron chi connectivity index (χ4n) is 1.49. The Kier molecular flexibility index (Phi) is 5.62. The maximum absolute atomic E-state index is 11.1. The molecule has 102 valence electrons. The molecule has 1 aromatic carbocycles. The smallest absolute Gasteiger partial charge is 0.148 e. The molecule has 0 aromatic heterocycles. The molecule has 0 aliphatic carbocycles. The van der Waals surface area contributed by atoms with Crippen molar-refractivity contribution in [2.24, 2.45) is 0 Å². The number of sulfone groups is 1. The van der Waals surface area contributed by atoms with E-state index in [-0.39, 0.29) is 5.75 Å². The van der Waals surface area contributed by atoms with E-state index in [1.807, 2.05) is 30.1 Å². The van der Waals surface area contributed by atoms with Gasteiger partial charge in [0.2, 0.25) is 0 Å². The average molecular weight is 336 g/mol. The van der Waals surface area contributed by atoms with Crippen molar-refractivity contribution in [3.8, 4) is 5.75 Å². The predicted molar refractivity (Wildman–Crippen MR) is 76.7 cm³/mol. The lowest BCUT2D eigenvalue weighted by Gasteiger charge is -2.17. The second kappa shape index (κ2) is 6.54. The number of rotatable bonds is 6. The third-order valence-corrected chi connectivity index (χ3v) is 4.23. The first-order valence-electron chi connectivity index (χ1n) is 5.50. The molecule has 0 aliphatic heterocycles. The molecule has 0 saturated heterocycles. The Morgan fingerprint density at radius 3 is 2.61 bits per heavy atom. The minimum atomic E-state index is -2.91. The zero-order chi connectivity index (χ0) is 13.8. The van der Waals surface area contributed by atoms with Gasteiger partial charge in [0, 0.05) is 23.8 Å². The highest BCUT2D eigenvalue weighted by Crippen LogP contribution is 2.23. The maximum atomic E-state index is 11.1. The van der Waals surface area contributed by atoms with Crippen LogP contribution in [0.25, 0.3) is 0 Å².